The first-order valence-corrected chi connectivity index (χ1v) is 3.48. The summed E-state index contributed by atoms with van der Waals surface area (Å²) in [4.78, 5) is 0. The predicted molar refractivity (Wildman–Crippen MR) is 45.6 cm³/mol. The number of phenols is 1. The monoisotopic (exact) mass is 186 g/mol. The molecule has 12 heavy (non-hydrogen) atoms. The van der Waals surface area contributed by atoms with E-state index in [2.05, 4.69) is 5.16 Å². The van der Waals surface area contributed by atoms with Gasteiger partial charge in [-0.25, -0.2) is 0 Å². The van der Waals surface area contributed by atoms with E-state index in [4.69, 9.17) is 27.6 Å². The maximum Gasteiger partial charge on any atom is 0.170 e. The predicted octanol–water partition coefficient (Wildman–Crippen LogP) is 1.14. The molecule has 0 spiro atoms. The number of amidine groups is 1. The molecule has 1 aromatic rings. The Labute approximate surface area is 73.9 Å². The van der Waals surface area contributed by atoms with Crippen LogP contribution < -0.4 is 5.73 Å². The van der Waals surface area contributed by atoms with E-state index < -0.39 is 0 Å². The lowest BCUT2D eigenvalue weighted by molar-refractivity contribution is 0.318. The second-order valence-corrected chi connectivity index (χ2v) is 2.62. The lowest BCUT2D eigenvalue weighted by Crippen LogP contribution is -2.12. The van der Waals surface area contributed by atoms with Crippen LogP contribution in [-0.4, -0.2) is 16.1 Å². The average Bonchev–Trinajstić information content (AvgIpc) is 2.01. The third-order valence-electron chi connectivity index (χ3n) is 1.29. The minimum Gasteiger partial charge on any atom is -0.508 e. The Hall–Kier alpha value is -1.42. The van der Waals surface area contributed by atoms with Gasteiger partial charge in [-0.05, 0) is 18.2 Å². The van der Waals surface area contributed by atoms with E-state index in [0.29, 0.717) is 10.6 Å². The molecule has 0 aliphatic heterocycles. The zero-order chi connectivity index (χ0) is 9.14. The lowest BCUT2D eigenvalue weighted by atomic mass is 10.2. The normalized spacial score (nSPS) is 11.6. The zero-order valence-electron chi connectivity index (χ0n) is 6.03. The van der Waals surface area contributed by atoms with Gasteiger partial charge in [0.2, 0.25) is 0 Å². The quantitative estimate of drug-likeness (QED) is 0.266. The smallest absolute Gasteiger partial charge is 0.170 e. The largest absolute Gasteiger partial charge is 0.508 e. The number of aromatic hydroxyl groups is 1. The van der Waals surface area contributed by atoms with Gasteiger partial charge in [0.1, 0.15) is 5.75 Å². The summed E-state index contributed by atoms with van der Waals surface area (Å²) in [6.45, 7) is 0. The topological polar surface area (TPSA) is 78.8 Å². The number of oxime groups is 1. The second kappa shape index (κ2) is 3.32. The van der Waals surface area contributed by atoms with Gasteiger partial charge < -0.3 is 16.0 Å². The molecule has 0 aromatic heterocycles. The standard InChI is InChI=1S/C7H7ClN2O2/c8-5-1-4(7(9)10-12)2-6(11)3-5/h1-3,11-12H,(H2,9,10). The summed E-state index contributed by atoms with van der Waals surface area (Å²) in [7, 11) is 0. The number of halogens is 1. The fraction of sp³-hybridized carbons (Fsp3) is 0. The molecule has 0 amide bonds. The molecule has 0 heterocycles. The highest BCUT2D eigenvalue weighted by atomic mass is 35.5. The maximum atomic E-state index is 9.06. The molecule has 4 N–H and O–H groups in total. The number of nitrogens with two attached hydrogens (primary N) is 1. The van der Waals surface area contributed by atoms with Crippen LogP contribution in [-0.2, 0) is 0 Å². The van der Waals surface area contributed by atoms with Gasteiger partial charge in [0.25, 0.3) is 0 Å². The van der Waals surface area contributed by atoms with Crippen molar-refractivity contribution in [2.75, 3.05) is 0 Å². The van der Waals surface area contributed by atoms with Gasteiger partial charge in [-0.15, -0.1) is 0 Å². The van der Waals surface area contributed by atoms with Gasteiger partial charge in [-0.2, -0.15) is 0 Å². The third kappa shape index (κ3) is 1.79. The highest BCUT2D eigenvalue weighted by Crippen LogP contribution is 2.19. The van der Waals surface area contributed by atoms with Gasteiger partial charge in [-0.3, -0.25) is 0 Å². The summed E-state index contributed by atoms with van der Waals surface area (Å²) in [6, 6.07) is 4.19. The molecule has 0 aliphatic carbocycles. The van der Waals surface area contributed by atoms with Crippen molar-refractivity contribution in [3.8, 4) is 5.75 Å². The first-order chi connectivity index (χ1) is 5.63. The summed E-state index contributed by atoms with van der Waals surface area (Å²) in [5.74, 6) is -0.114. The summed E-state index contributed by atoms with van der Waals surface area (Å²) in [6.07, 6.45) is 0. The Morgan fingerprint density at radius 1 is 1.42 bits per heavy atom. The van der Waals surface area contributed by atoms with Crippen molar-refractivity contribution in [1.82, 2.24) is 0 Å². The lowest BCUT2D eigenvalue weighted by Gasteiger charge is -1.99. The molecule has 0 aliphatic rings. The van der Waals surface area contributed by atoms with Crippen molar-refractivity contribution in [3.63, 3.8) is 0 Å². The van der Waals surface area contributed by atoms with Crippen LogP contribution in [0.15, 0.2) is 23.4 Å². The van der Waals surface area contributed by atoms with Crippen molar-refractivity contribution in [1.29, 1.82) is 0 Å². The average molecular weight is 187 g/mol. The molecule has 0 unspecified atom stereocenters. The van der Waals surface area contributed by atoms with E-state index in [1.165, 1.54) is 18.2 Å². The second-order valence-electron chi connectivity index (χ2n) is 2.18. The summed E-state index contributed by atoms with van der Waals surface area (Å²) in [5.41, 5.74) is 5.64. The maximum absolute atomic E-state index is 9.06. The zero-order valence-corrected chi connectivity index (χ0v) is 6.78. The van der Waals surface area contributed by atoms with E-state index in [1.807, 2.05) is 0 Å². The van der Waals surface area contributed by atoms with Crippen molar-refractivity contribution >= 4 is 17.4 Å². The van der Waals surface area contributed by atoms with Gasteiger partial charge in [0, 0.05) is 10.6 Å². The van der Waals surface area contributed by atoms with Crippen LogP contribution in [0, 0.1) is 0 Å². The van der Waals surface area contributed by atoms with Crippen LogP contribution >= 0.6 is 11.6 Å². The Morgan fingerprint density at radius 2 is 2.08 bits per heavy atom. The van der Waals surface area contributed by atoms with Gasteiger partial charge >= 0.3 is 0 Å². The van der Waals surface area contributed by atoms with E-state index in [1.54, 1.807) is 0 Å². The Morgan fingerprint density at radius 3 is 2.58 bits per heavy atom. The molecule has 0 saturated carbocycles. The van der Waals surface area contributed by atoms with Crippen LogP contribution in [0.3, 0.4) is 0 Å². The van der Waals surface area contributed by atoms with Crippen molar-refractivity contribution in [3.05, 3.63) is 28.8 Å². The molecular formula is C7H7ClN2O2. The minimum absolute atomic E-state index is 0.0240. The van der Waals surface area contributed by atoms with Gasteiger partial charge in [-0.1, -0.05) is 16.8 Å². The van der Waals surface area contributed by atoms with Gasteiger partial charge in [0.15, 0.2) is 5.84 Å². The molecule has 0 radical (unpaired) electrons. The molecular weight excluding hydrogens is 180 g/mol. The summed E-state index contributed by atoms with van der Waals surface area (Å²) >= 11 is 5.60. The Bertz CT molecular complexity index is 305. The van der Waals surface area contributed by atoms with E-state index in [0.717, 1.165) is 0 Å². The van der Waals surface area contributed by atoms with Crippen LogP contribution in [0.25, 0.3) is 0 Å². The Kier molecular flexibility index (Phi) is 2.40. The van der Waals surface area contributed by atoms with E-state index >= 15 is 0 Å². The number of hydrogen-bond acceptors (Lipinski definition) is 3. The molecule has 1 aromatic carbocycles. The number of benzene rings is 1. The molecule has 0 atom stereocenters. The molecule has 64 valence electrons. The first-order valence-electron chi connectivity index (χ1n) is 3.11. The highest BCUT2D eigenvalue weighted by molar-refractivity contribution is 6.31. The summed E-state index contributed by atoms with van der Waals surface area (Å²) in [5, 5.41) is 20.5. The first kappa shape index (κ1) is 8.67. The SMILES string of the molecule is N/C(=N\O)c1cc(O)cc(Cl)c1. The fourth-order valence-electron chi connectivity index (χ4n) is 0.780. The van der Waals surface area contributed by atoms with Crippen LogP contribution in [0.1, 0.15) is 5.56 Å². The molecule has 4 nitrogen and oxygen atoms in total. The molecule has 5 heteroatoms. The molecule has 0 saturated heterocycles. The van der Waals surface area contributed by atoms with Crippen molar-refractivity contribution in [2.45, 2.75) is 0 Å². The molecule has 0 bridgehead atoms. The fourth-order valence-corrected chi connectivity index (χ4v) is 1.01. The minimum atomic E-state index is -0.0900. The third-order valence-corrected chi connectivity index (χ3v) is 1.50. The van der Waals surface area contributed by atoms with Crippen LogP contribution in [0.2, 0.25) is 5.02 Å². The molecule has 1 rings (SSSR count). The molecule has 0 fully saturated rings. The Balaban J connectivity index is 3.17. The van der Waals surface area contributed by atoms with E-state index in [-0.39, 0.29) is 11.6 Å². The number of nitrogens with zero attached hydrogens (tertiary/aromatic N) is 1. The highest BCUT2D eigenvalue weighted by Gasteiger charge is 2.02. The van der Waals surface area contributed by atoms with Crippen LogP contribution in [0.4, 0.5) is 0 Å². The van der Waals surface area contributed by atoms with E-state index in [9.17, 15) is 0 Å². The number of phenolic OH excluding ortho intramolecular Hbond substituents is 1. The van der Waals surface area contributed by atoms with Gasteiger partial charge in [0.05, 0.1) is 0 Å². The summed E-state index contributed by atoms with van der Waals surface area (Å²) < 4.78 is 0. The van der Waals surface area contributed by atoms with Crippen molar-refractivity contribution in [2.24, 2.45) is 10.9 Å². The van der Waals surface area contributed by atoms with Crippen molar-refractivity contribution < 1.29 is 10.3 Å². The number of hydrogen-bond donors (Lipinski definition) is 3. The van der Waals surface area contributed by atoms with Crippen LogP contribution in [0.5, 0.6) is 5.75 Å². The number of rotatable bonds is 1.